The Morgan fingerprint density at radius 1 is 1.30 bits per heavy atom. The van der Waals surface area contributed by atoms with Gasteiger partial charge in [0.05, 0.1) is 11.4 Å². The molecule has 1 fully saturated rings. The summed E-state index contributed by atoms with van der Waals surface area (Å²) >= 11 is 0. The van der Waals surface area contributed by atoms with Crippen molar-refractivity contribution in [2.75, 3.05) is 19.6 Å². The highest BCUT2D eigenvalue weighted by atomic mass is 16.1. The molecule has 1 aliphatic heterocycles. The number of hydrogen-bond acceptors (Lipinski definition) is 3. The van der Waals surface area contributed by atoms with Crippen molar-refractivity contribution in [2.45, 2.75) is 26.3 Å². The largest absolute Gasteiger partial charge is 0.356 e. The second-order valence-corrected chi connectivity index (χ2v) is 6.12. The lowest BCUT2D eigenvalue weighted by molar-refractivity contribution is -0.120. The van der Waals surface area contributed by atoms with Gasteiger partial charge in [-0.3, -0.25) is 9.69 Å². The van der Waals surface area contributed by atoms with Gasteiger partial charge in [-0.15, -0.1) is 0 Å². The zero-order valence-corrected chi connectivity index (χ0v) is 13.6. The van der Waals surface area contributed by atoms with Crippen LogP contribution in [0, 0.1) is 5.92 Å². The van der Waals surface area contributed by atoms with E-state index in [-0.39, 0.29) is 5.91 Å². The maximum atomic E-state index is 11.4. The highest BCUT2D eigenvalue weighted by Gasteiger charge is 2.23. The Hall–Kier alpha value is -2.14. The monoisotopic (exact) mass is 312 g/mol. The molecule has 5 heteroatoms. The molecule has 0 spiro atoms. The first-order valence-electron chi connectivity index (χ1n) is 8.33. The van der Waals surface area contributed by atoms with Gasteiger partial charge >= 0.3 is 0 Å². The molecule has 1 N–H and O–H groups in total. The molecule has 122 valence electrons. The number of amides is 1. The van der Waals surface area contributed by atoms with E-state index < -0.39 is 0 Å². The Morgan fingerprint density at radius 2 is 2.13 bits per heavy atom. The molecule has 1 saturated heterocycles. The molecular weight excluding hydrogens is 288 g/mol. The van der Waals surface area contributed by atoms with Gasteiger partial charge in [0.2, 0.25) is 5.91 Å². The van der Waals surface area contributed by atoms with E-state index in [0.29, 0.717) is 12.3 Å². The van der Waals surface area contributed by atoms with Crippen molar-refractivity contribution >= 4 is 5.91 Å². The molecule has 5 nitrogen and oxygen atoms in total. The molecule has 23 heavy (non-hydrogen) atoms. The molecule has 2 heterocycles. The smallest absolute Gasteiger partial charge is 0.219 e. The molecule has 2 aromatic rings. The van der Waals surface area contributed by atoms with Crippen LogP contribution in [-0.4, -0.2) is 40.2 Å². The summed E-state index contributed by atoms with van der Waals surface area (Å²) in [5.74, 6) is 0.698. The Balaban J connectivity index is 1.57. The summed E-state index contributed by atoms with van der Waals surface area (Å²) in [6, 6.07) is 12.3. The van der Waals surface area contributed by atoms with Crippen LogP contribution in [0.15, 0.2) is 42.6 Å². The van der Waals surface area contributed by atoms with Gasteiger partial charge in [0.25, 0.3) is 0 Å². The zero-order valence-electron chi connectivity index (χ0n) is 13.6. The summed E-state index contributed by atoms with van der Waals surface area (Å²) in [5.41, 5.74) is 2.30. The first-order chi connectivity index (χ1) is 11.3. The van der Waals surface area contributed by atoms with Crippen molar-refractivity contribution in [3.63, 3.8) is 0 Å². The van der Waals surface area contributed by atoms with Crippen LogP contribution in [0.1, 0.15) is 25.5 Å². The fourth-order valence-electron chi connectivity index (χ4n) is 3.09. The Morgan fingerprint density at radius 3 is 2.91 bits per heavy atom. The molecule has 0 bridgehead atoms. The van der Waals surface area contributed by atoms with Crippen LogP contribution in [0.25, 0.3) is 5.69 Å². The third-order valence-electron chi connectivity index (χ3n) is 4.39. The number of carbonyl (C=O) groups is 1. The number of benzene rings is 1. The third-order valence-corrected chi connectivity index (χ3v) is 4.39. The van der Waals surface area contributed by atoms with Crippen LogP contribution >= 0.6 is 0 Å². The first kappa shape index (κ1) is 15.7. The predicted octanol–water partition coefficient (Wildman–Crippen LogP) is 2.22. The quantitative estimate of drug-likeness (QED) is 0.890. The van der Waals surface area contributed by atoms with Crippen molar-refractivity contribution < 1.29 is 4.79 Å². The minimum Gasteiger partial charge on any atom is -0.356 e. The van der Waals surface area contributed by atoms with E-state index >= 15 is 0 Å². The Labute approximate surface area is 137 Å². The summed E-state index contributed by atoms with van der Waals surface area (Å²) in [6.07, 6.45) is 3.56. The highest BCUT2D eigenvalue weighted by molar-refractivity contribution is 5.75. The third kappa shape index (κ3) is 3.99. The fraction of sp³-hybridized carbons (Fsp3) is 0.444. The molecule has 1 aromatic heterocycles. The number of aromatic nitrogens is 2. The summed E-state index contributed by atoms with van der Waals surface area (Å²) in [5, 5.41) is 7.46. The number of hydrogen-bond donors (Lipinski definition) is 1. The van der Waals surface area contributed by atoms with E-state index in [4.69, 9.17) is 0 Å². The molecule has 3 rings (SSSR count). The van der Waals surface area contributed by atoms with Gasteiger partial charge < -0.3 is 5.32 Å². The van der Waals surface area contributed by atoms with Crippen molar-refractivity contribution in [3.8, 4) is 5.69 Å². The van der Waals surface area contributed by atoms with Gasteiger partial charge in [-0.2, -0.15) is 5.10 Å². The average molecular weight is 312 g/mol. The molecule has 1 aromatic carbocycles. The van der Waals surface area contributed by atoms with Crippen molar-refractivity contribution in [3.05, 3.63) is 48.3 Å². The molecule has 0 saturated carbocycles. The number of rotatable bonds is 6. The number of para-hydroxylation sites is 1. The minimum absolute atomic E-state index is 0.144. The van der Waals surface area contributed by atoms with E-state index in [1.807, 2.05) is 36.0 Å². The maximum absolute atomic E-state index is 11.4. The van der Waals surface area contributed by atoms with E-state index in [0.717, 1.165) is 38.3 Å². The molecular formula is C18H24N4O. The van der Waals surface area contributed by atoms with Crippen molar-refractivity contribution in [2.24, 2.45) is 5.92 Å². The van der Waals surface area contributed by atoms with Crippen LogP contribution in [0.4, 0.5) is 0 Å². The summed E-state index contributed by atoms with van der Waals surface area (Å²) in [7, 11) is 0. The molecule has 1 atom stereocenters. The molecule has 1 aliphatic rings. The molecule has 0 radical (unpaired) electrons. The zero-order chi connectivity index (χ0) is 16.1. The molecule has 0 aliphatic carbocycles. The topological polar surface area (TPSA) is 50.2 Å². The number of carbonyl (C=O) groups excluding carboxylic acids is 1. The van der Waals surface area contributed by atoms with E-state index in [1.165, 1.54) is 5.69 Å². The lowest BCUT2D eigenvalue weighted by Crippen LogP contribution is -2.30. The molecule has 0 unspecified atom stereocenters. The van der Waals surface area contributed by atoms with Gasteiger partial charge in [-0.1, -0.05) is 25.1 Å². The second kappa shape index (κ2) is 7.42. The lowest BCUT2D eigenvalue weighted by atomic mass is 10.1. The SMILES string of the molecule is CCC(=O)NC[C@H]1CCN(Cc2ccnn2-c2ccccc2)C1. The summed E-state index contributed by atoms with van der Waals surface area (Å²) < 4.78 is 2.01. The number of likely N-dealkylation sites (tertiary alicyclic amines) is 1. The number of nitrogens with zero attached hydrogens (tertiary/aromatic N) is 3. The van der Waals surface area contributed by atoms with E-state index in [9.17, 15) is 4.79 Å². The molecule has 1 amide bonds. The average Bonchev–Trinajstić information content (AvgIpc) is 3.23. The number of nitrogens with one attached hydrogen (secondary N) is 1. The standard InChI is InChI=1S/C18H24N4O/c1-2-18(23)19-12-15-9-11-21(13-15)14-17-8-10-20-22(17)16-6-4-3-5-7-16/h3-8,10,15H,2,9,11-14H2,1H3,(H,19,23)/t15-/m1/s1. The minimum atomic E-state index is 0.144. The predicted molar refractivity (Wildman–Crippen MR) is 90.2 cm³/mol. The second-order valence-electron chi connectivity index (χ2n) is 6.12. The van der Waals surface area contributed by atoms with Crippen LogP contribution < -0.4 is 5.32 Å². The van der Waals surface area contributed by atoms with Crippen LogP contribution in [0.2, 0.25) is 0 Å². The van der Waals surface area contributed by atoms with Gasteiger partial charge in [0.15, 0.2) is 0 Å². The van der Waals surface area contributed by atoms with E-state index in [1.54, 1.807) is 0 Å². The summed E-state index contributed by atoms with van der Waals surface area (Å²) in [6.45, 7) is 5.69. The van der Waals surface area contributed by atoms with Crippen molar-refractivity contribution in [1.82, 2.24) is 20.0 Å². The van der Waals surface area contributed by atoms with Gasteiger partial charge in [-0.05, 0) is 37.1 Å². The Bertz CT molecular complexity index is 637. The van der Waals surface area contributed by atoms with Gasteiger partial charge in [0.1, 0.15) is 0 Å². The van der Waals surface area contributed by atoms with Crippen LogP contribution in [-0.2, 0) is 11.3 Å². The van der Waals surface area contributed by atoms with Gasteiger partial charge in [0, 0.05) is 32.3 Å². The maximum Gasteiger partial charge on any atom is 0.219 e. The Kier molecular flexibility index (Phi) is 5.08. The highest BCUT2D eigenvalue weighted by Crippen LogP contribution is 2.19. The summed E-state index contributed by atoms with van der Waals surface area (Å²) in [4.78, 5) is 13.8. The first-order valence-corrected chi connectivity index (χ1v) is 8.33. The van der Waals surface area contributed by atoms with Crippen LogP contribution in [0.5, 0.6) is 0 Å². The fourth-order valence-corrected chi connectivity index (χ4v) is 3.09. The van der Waals surface area contributed by atoms with Crippen molar-refractivity contribution in [1.29, 1.82) is 0 Å². The van der Waals surface area contributed by atoms with E-state index in [2.05, 4.69) is 33.5 Å². The van der Waals surface area contributed by atoms with Gasteiger partial charge in [-0.25, -0.2) is 4.68 Å². The normalized spacial score (nSPS) is 18.2. The van der Waals surface area contributed by atoms with Crippen LogP contribution in [0.3, 0.4) is 0 Å². The lowest BCUT2D eigenvalue weighted by Gasteiger charge is -2.17.